The molecule has 1 aromatic heterocycles. The highest BCUT2D eigenvalue weighted by Gasteiger charge is 2.04. The Labute approximate surface area is 98.2 Å². The third kappa shape index (κ3) is 2.94. The number of nitrogens with zero attached hydrogens (tertiary/aromatic N) is 2. The molecular weight excluding hydrogens is 222 g/mol. The molecule has 0 unspecified atom stereocenters. The van der Waals surface area contributed by atoms with Crippen LogP contribution in [0.3, 0.4) is 0 Å². The number of hydrogen-bond acceptors (Lipinski definition) is 6. The highest BCUT2D eigenvalue weighted by atomic mass is 16.5. The van der Waals surface area contributed by atoms with Gasteiger partial charge in [0, 0.05) is 12.1 Å². The summed E-state index contributed by atoms with van der Waals surface area (Å²) in [6.07, 6.45) is 1.28. The summed E-state index contributed by atoms with van der Waals surface area (Å²) >= 11 is 0. The van der Waals surface area contributed by atoms with Crippen LogP contribution in [0.15, 0.2) is 29.1 Å². The summed E-state index contributed by atoms with van der Waals surface area (Å²) < 4.78 is 9.69. The normalized spacial score (nSPS) is 10.4. The molecule has 0 saturated heterocycles. The lowest BCUT2D eigenvalue weighted by Crippen LogP contribution is -2.13. The molecule has 0 spiro atoms. The highest BCUT2D eigenvalue weighted by molar-refractivity contribution is 5.39. The van der Waals surface area contributed by atoms with E-state index in [2.05, 4.69) is 20.0 Å². The van der Waals surface area contributed by atoms with Gasteiger partial charge in [0.2, 0.25) is 6.39 Å². The summed E-state index contributed by atoms with van der Waals surface area (Å²) in [5.41, 5.74) is 0.757. The lowest BCUT2D eigenvalue weighted by atomic mass is 10.2. The van der Waals surface area contributed by atoms with E-state index in [9.17, 15) is 5.11 Å². The molecule has 6 nitrogen and oxygen atoms in total. The lowest BCUT2D eigenvalue weighted by molar-refractivity contribution is 0.405. The Hall–Kier alpha value is -2.08. The van der Waals surface area contributed by atoms with Gasteiger partial charge in [-0.05, 0) is 18.2 Å². The number of phenolic OH excluding ortho intramolecular Hbond substituents is 1. The Balaban J connectivity index is 1.94. The van der Waals surface area contributed by atoms with Crippen LogP contribution in [-0.2, 0) is 13.1 Å². The number of aromatic hydroxyl groups is 1. The van der Waals surface area contributed by atoms with Crippen LogP contribution in [0.5, 0.6) is 11.5 Å². The minimum atomic E-state index is 0.228. The van der Waals surface area contributed by atoms with Crippen molar-refractivity contribution in [3.8, 4) is 11.5 Å². The van der Waals surface area contributed by atoms with Gasteiger partial charge in [0.15, 0.2) is 5.82 Å². The van der Waals surface area contributed by atoms with E-state index in [1.165, 1.54) is 6.39 Å². The molecule has 0 atom stereocenters. The largest absolute Gasteiger partial charge is 0.508 e. The van der Waals surface area contributed by atoms with Crippen LogP contribution >= 0.6 is 0 Å². The lowest BCUT2D eigenvalue weighted by Gasteiger charge is -2.07. The van der Waals surface area contributed by atoms with Crippen molar-refractivity contribution in [3.63, 3.8) is 0 Å². The molecule has 0 aliphatic heterocycles. The second kappa shape index (κ2) is 5.31. The van der Waals surface area contributed by atoms with Gasteiger partial charge in [-0.25, -0.2) is 0 Å². The number of aromatic nitrogens is 2. The average Bonchev–Trinajstić information content (AvgIpc) is 2.84. The number of phenols is 1. The van der Waals surface area contributed by atoms with Crippen LogP contribution in [0.25, 0.3) is 0 Å². The summed E-state index contributed by atoms with van der Waals surface area (Å²) in [5, 5.41) is 16.4. The monoisotopic (exact) mass is 235 g/mol. The number of ether oxygens (including phenoxy) is 1. The SMILES string of the molecule is COc1ccc(O)c(CNCc2ncon2)c1. The maximum absolute atomic E-state index is 9.64. The molecule has 2 N–H and O–H groups in total. The standard InChI is InChI=1S/C11H13N3O3/c1-16-9-2-3-10(15)8(4-9)5-12-6-11-13-7-17-14-11/h2-4,7,12,15H,5-6H2,1H3. The van der Waals surface area contributed by atoms with Crippen molar-refractivity contribution < 1.29 is 14.4 Å². The van der Waals surface area contributed by atoms with Crippen molar-refractivity contribution in [3.05, 3.63) is 36.0 Å². The smallest absolute Gasteiger partial charge is 0.213 e. The molecule has 0 fully saturated rings. The fourth-order valence-corrected chi connectivity index (χ4v) is 1.41. The third-order valence-corrected chi connectivity index (χ3v) is 2.29. The quantitative estimate of drug-likeness (QED) is 0.807. The molecule has 1 aromatic carbocycles. The topological polar surface area (TPSA) is 80.4 Å². The van der Waals surface area contributed by atoms with E-state index in [-0.39, 0.29) is 5.75 Å². The van der Waals surface area contributed by atoms with E-state index < -0.39 is 0 Å². The van der Waals surface area contributed by atoms with Crippen molar-refractivity contribution in [1.82, 2.24) is 15.5 Å². The van der Waals surface area contributed by atoms with Crippen molar-refractivity contribution in [1.29, 1.82) is 0 Å². The van der Waals surface area contributed by atoms with E-state index in [4.69, 9.17) is 4.74 Å². The molecule has 0 bridgehead atoms. The predicted molar refractivity (Wildman–Crippen MR) is 59.5 cm³/mol. The minimum Gasteiger partial charge on any atom is -0.508 e. The first kappa shape index (κ1) is 11.4. The summed E-state index contributed by atoms with van der Waals surface area (Å²) in [7, 11) is 1.59. The van der Waals surface area contributed by atoms with Crippen LogP contribution < -0.4 is 10.1 Å². The zero-order valence-corrected chi connectivity index (χ0v) is 9.38. The molecule has 1 heterocycles. The number of rotatable bonds is 5. The second-order valence-corrected chi connectivity index (χ2v) is 3.45. The first-order valence-corrected chi connectivity index (χ1v) is 5.11. The average molecular weight is 235 g/mol. The first-order valence-electron chi connectivity index (χ1n) is 5.11. The van der Waals surface area contributed by atoms with E-state index in [1.807, 2.05) is 0 Å². The summed E-state index contributed by atoms with van der Waals surface area (Å²) in [6.45, 7) is 0.977. The summed E-state index contributed by atoms with van der Waals surface area (Å²) in [4.78, 5) is 3.88. The van der Waals surface area contributed by atoms with Crippen molar-refractivity contribution in [2.45, 2.75) is 13.1 Å². The minimum absolute atomic E-state index is 0.228. The Morgan fingerprint density at radius 1 is 1.41 bits per heavy atom. The molecule has 0 aliphatic carbocycles. The van der Waals surface area contributed by atoms with Gasteiger partial charge in [0.05, 0.1) is 13.7 Å². The molecule has 2 rings (SSSR count). The van der Waals surface area contributed by atoms with E-state index >= 15 is 0 Å². The van der Waals surface area contributed by atoms with Crippen LogP contribution in [0.2, 0.25) is 0 Å². The molecule has 90 valence electrons. The van der Waals surface area contributed by atoms with Crippen LogP contribution in [0.4, 0.5) is 0 Å². The molecular formula is C11H13N3O3. The van der Waals surface area contributed by atoms with Gasteiger partial charge in [-0.2, -0.15) is 4.98 Å². The third-order valence-electron chi connectivity index (χ3n) is 2.29. The van der Waals surface area contributed by atoms with Crippen LogP contribution in [-0.4, -0.2) is 22.4 Å². The van der Waals surface area contributed by atoms with Gasteiger partial charge in [0.1, 0.15) is 11.5 Å². The number of methoxy groups -OCH3 is 1. The fraction of sp³-hybridized carbons (Fsp3) is 0.273. The van der Waals surface area contributed by atoms with Crippen molar-refractivity contribution >= 4 is 0 Å². The summed E-state index contributed by atoms with van der Waals surface area (Å²) in [5.74, 6) is 1.51. The zero-order valence-electron chi connectivity index (χ0n) is 9.38. The maximum Gasteiger partial charge on any atom is 0.213 e. The van der Waals surface area contributed by atoms with Gasteiger partial charge in [-0.3, -0.25) is 0 Å². The van der Waals surface area contributed by atoms with E-state index in [0.717, 1.165) is 5.56 Å². The molecule has 6 heteroatoms. The fourth-order valence-electron chi connectivity index (χ4n) is 1.41. The highest BCUT2D eigenvalue weighted by Crippen LogP contribution is 2.22. The van der Waals surface area contributed by atoms with Crippen LogP contribution in [0.1, 0.15) is 11.4 Å². The number of benzene rings is 1. The number of hydrogen-bond donors (Lipinski definition) is 2. The van der Waals surface area contributed by atoms with Gasteiger partial charge in [-0.1, -0.05) is 5.16 Å². The summed E-state index contributed by atoms with van der Waals surface area (Å²) in [6, 6.07) is 5.08. The van der Waals surface area contributed by atoms with Gasteiger partial charge < -0.3 is 19.7 Å². The molecule has 0 amide bonds. The van der Waals surface area contributed by atoms with Crippen molar-refractivity contribution in [2.75, 3.05) is 7.11 Å². The predicted octanol–water partition coefficient (Wildman–Crippen LogP) is 1.07. The molecule has 17 heavy (non-hydrogen) atoms. The Morgan fingerprint density at radius 2 is 2.29 bits per heavy atom. The zero-order chi connectivity index (χ0) is 12.1. The second-order valence-electron chi connectivity index (χ2n) is 3.45. The van der Waals surface area contributed by atoms with E-state index in [1.54, 1.807) is 25.3 Å². The van der Waals surface area contributed by atoms with Gasteiger partial charge in [0.25, 0.3) is 0 Å². The molecule has 0 saturated carbocycles. The Kier molecular flexibility index (Phi) is 3.56. The number of nitrogens with one attached hydrogen (secondary N) is 1. The van der Waals surface area contributed by atoms with Gasteiger partial charge >= 0.3 is 0 Å². The molecule has 0 radical (unpaired) electrons. The Morgan fingerprint density at radius 3 is 3.00 bits per heavy atom. The van der Waals surface area contributed by atoms with E-state index in [0.29, 0.717) is 24.7 Å². The molecule has 2 aromatic rings. The molecule has 0 aliphatic rings. The van der Waals surface area contributed by atoms with Crippen LogP contribution in [0, 0.1) is 0 Å². The van der Waals surface area contributed by atoms with Gasteiger partial charge in [-0.15, -0.1) is 0 Å². The van der Waals surface area contributed by atoms with Crippen molar-refractivity contribution in [2.24, 2.45) is 0 Å². The Bertz CT molecular complexity index is 471. The first-order chi connectivity index (χ1) is 8.29. The maximum atomic E-state index is 9.64.